The average molecular weight is 188 g/mol. The van der Waals surface area contributed by atoms with Gasteiger partial charge < -0.3 is 10.7 Å². The Kier molecular flexibility index (Phi) is 2.33. The number of rotatable bonds is 3. The number of carbonyl (C=O) groups excluding carboxylic acids is 1. The maximum atomic E-state index is 10.5. The minimum Gasteiger partial charge on any atom is -0.361 e. The van der Waals surface area contributed by atoms with Gasteiger partial charge in [0.1, 0.15) is 6.29 Å². The van der Waals surface area contributed by atoms with Crippen LogP contribution in [0.2, 0.25) is 0 Å². The summed E-state index contributed by atoms with van der Waals surface area (Å²) in [4.78, 5) is 13.7. The number of nitrogens with two attached hydrogens (primary N) is 1. The molecule has 14 heavy (non-hydrogen) atoms. The molecule has 72 valence electrons. The van der Waals surface area contributed by atoms with Gasteiger partial charge in [-0.3, -0.25) is 4.79 Å². The third-order valence-electron chi connectivity index (χ3n) is 2.34. The number of H-pyrrole nitrogens is 1. The lowest BCUT2D eigenvalue weighted by Crippen LogP contribution is -2.01. The van der Waals surface area contributed by atoms with Gasteiger partial charge in [0.25, 0.3) is 0 Å². The summed E-state index contributed by atoms with van der Waals surface area (Å²) in [7, 11) is 0. The molecule has 3 nitrogen and oxygen atoms in total. The van der Waals surface area contributed by atoms with Gasteiger partial charge >= 0.3 is 0 Å². The van der Waals surface area contributed by atoms with E-state index in [-0.39, 0.29) is 0 Å². The van der Waals surface area contributed by atoms with Crippen LogP contribution in [0.3, 0.4) is 0 Å². The molecule has 0 aliphatic heterocycles. The Bertz CT molecular complexity index is 459. The smallest absolute Gasteiger partial charge is 0.150 e. The molecular formula is C11H12N2O. The molecule has 3 heteroatoms. The van der Waals surface area contributed by atoms with Crippen LogP contribution in [0, 0.1) is 0 Å². The Balaban J connectivity index is 2.53. The highest BCUT2D eigenvalue weighted by atomic mass is 16.1. The molecule has 0 aliphatic carbocycles. The third kappa shape index (κ3) is 1.42. The highest BCUT2D eigenvalue weighted by Gasteiger charge is 2.02. The van der Waals surface area contributed by atoms with E-state index in [1.54, 1.807) is 0 Å². The van der Waals surface area contributed by atoms with E-state index >= 15 is 0 Å². The predicted octanol–water partition coefficient (Wildman–Crippen LogP) is 1.48. The topological polar surface area (TPSA) is 58.9 Å². The first-order valence-electron chi connectivity index (χ1n) is 4.60. The molecule has 1 heterocycles. The van der Waals surface area contributed by atoms with E-state index in [9.17, 15) is 4.79 Å². The highest BCUT2D eigenvalue weighted by Crippen LogP contribution is 2.19. The van der Waals surface area contributed by atoms with E-state index in [0.717, 1.165) is 23.6 Å². The van der Waals surface area contributed by atoms with E-state index in [4.69, 9.17) is 5.73 Å². The zero-order valence-corrected chi connectivity index (χ0v) is 7.79. The molecule has 1 aromatic carbocycles. The van der Waals surface area contributed by atoms with Crippen LogP contribution in [-0.4, -0.2) is 17.8 Å². The van der Waals surface area contributed by atoms with Crippen LogP contribution in [-0.2, 0) is 6.42 Å². The van der Waals surface area contributed by atoms with Gasteiger partial charge in [-0.1, -0.05) is 12.1 Å². The molecule has 2 rings (SSSR count). The lowest BCUT2D eigenvalue weighted by atomic mass is 10.1. The largest absolute Gasteiger partial charge is 0.361 e. The zero-order chi connectivity index (χ0) is 9.97. The Morgan fingerprint density at radius 1 is 1.43 bits per heavy atom. The molecule has 0 fully saturated rings. The number of aldehydes is 1. The van der Waals surface area contributed by atoms with Crippen molar-refractivity contribution < 1.29 is 4.79 Å². The minimum atomic E-state index is 0.641. The van der Waals surface area contributed by atoms with Crippen molar-refractivity contribution in [2.75, 3.05) is 6.54 Å². The molecule has 0 aliphatic rings. The predicted molar refractivity (Wildman–Crippen MR) is 56.4 cm³/mol. The minimum absolute atomic E-state index is 0.641. The van der Waals surface area contributed by atoms with Gasteiger partial charge in [0, 0.05) is 22.7 Å². The average Bonchev–Trinajstić information content (AvgIpc) is 2.61. The second-order valence-electron chi connectivity index (χ2n) is 3.28. The number of benzene rings is 1. The summed E-state index contributed by atoms with van der Waals surface area (Å²) in [6, 6.07) is 5.63. The number of hydrogen-bond donors (Lipinski definition) is 2. The van der Waals surface area contributed by atoms with Crippen LogP contribution in [0.1, 0.15) is 15.9 Å². The fourth-order valence-corrected chi connectivity index (χ4v) is 1.64. The zero-order valence-electron chi connectivity index (χ0n) is 7.79. The number of fused-ring (bicyclic) bond motifs is 1. The summed E-state index contributed by atoms with van der Waals surface area (Å²) >= 11 is 0. The second-order valence-corrected chi connectivity index (χ2v) is 3.28. The van der Waals surface area contributed by atoms with Gasteiger partial charge in [-0.15, -0.1) is 0 Å². The first kappa shape index (κ1) is 8.97. The van der Waals surface area contributed by atoms with Crippen molar-refractivity contribution in [3.8, 4) is 0 Å². The van der Waals surface area contributed by atoms with E-state index in [1.807, 2.05) is 24.4 Å². The van der Waals surface area contributed by atoms with Gasteiger partial charge in [0.2, 0.25) is 0 Å². The molecule has 0 spiro atoms. The number of aromatic nitrogens is 1. The summed E-state index contributed by atoms with van der Waals surface area (Å²) in [5.74, 6) is 0. The fourth-order valence-electron chi connectivity index (χ4n) is 1.64. The Labute approximate surface area is 81.9 Å². The molecule has 2 aromatic rings. The van der Waals surface area contributed by atoms with Crippen molar-refractivity contribution in [2.45, 2.75) is 6.42 Å². The summed E-state index contributed by atoms with van der Waals surface area (Å²) in [5, 5.41) is 1.15. The standard InChI is InChI=1S/C11H12N2O/c12-4-3-9-6-13-11-5-8(7-14)1-2-10(9)11/h1-2,5-7,13H,3-4,12H2. The highest BCUT2D eigenvalue weighted by molar-refractivity contribution is 5.89. The van der Waals surface area contributed by atoms with Crippen molar-refractivity contribution in [1.82, 2.24) is 4.98 Å². The van der Waals surface area contributed by atoms with Gasteiger partial charge in [-0.05, 0) is 24.6 Å². The van der Waals surface area contributed by atoms with Crippen molar-refractivity contribution >= 4 is 17.2 Å². The molecule has 0 saturated carbocycles. The van der Waals surface area contributed by atoms with E-state index in [1.165, 1.54) is 5.56 Å². The SMILES string of the molecule is NCCc1c[nH]c2cc(C=O)ccc12. The quantitative estimate of drug-likeness (QED) is 0.717. The lowest BCUT2D eigenvalue weighted by molar-refractivity contribution is 0.112. The monoisotopic (exact) mass is 188 g/mol. The molecule has 0 atom stereocenters. The number of nitrogens with one attached hydrogen (secondary N) is 1. The van der Waals surface area contributed by atoms with Crippen LogP contribution >= 0.6 is 0 Å². The first-order chi connectivity index (χ1) is 6.85. The Morgan fingerprint density at radius 2 is 2.29 bits per heavy atom. The van der Waals surface area contributed by atoms with Crippen molar-refractivity contribution in [1.29, 1.82) is 0 Å². The van der Waals surface area contributed by atoms with E-state index < -0.39 is 0 Å². The van der Waals surface area contributed by atoms with Crippen LogP contribution in [0.4, 0.5) is 0 Å². The van der Waals surface area contributed by atoms with Crippen LogP contribution in [0.5, 0.6) is 0 Å². The summed E-state index contributed by atoms with van der Waals surface area (Å²) < 4.78 is 0. The van der Waals surface area contributed by atoms with Crippen LogP contribution in [0.15, 0.2) is 24.4 Å². The summed E-state index contributed by atoms with van der Waals surface area (Å²) in [6.45, 7) is 0.641. The maximum Gasteiger partial charge on any atom is 0.150 e. The maximum absolute atomic E-state index is 10.5. The molecule has 0 amide bonds. The molecule has 0 saturated heterocycles. The molecule has 0 bridgehead atoms. The normalized spacial score (nSPS) is 10.6. The third-order valence-corrected chi connectivity index (χ3v) is 2.34. The van der Waals surface area contributed by atoms with Gasteiger partial charge in [0.05, 0.1) is 0 Å². The van der Waals surface area contributed by atoms with Crippen molar-refractivity contribution in [3.63, 3.8) is 0 Å². The van der Waals surface area contributed by atoms with Crippen molar-refractivity contribution in [3.05, 3.63) is 35.5 Å². The summed E-state index contributed by atoms with van der Waals surface area (Å²) in [5.41, 5.74) is 8.40. The second kappa shape index (κ2) is 3.64. The molecule has 1 aromatic heterocycles. The Morgan fingerprint density at radius 3 is 3.00 bits per heavy atom. The number of hydrogen-bond acceptors (Lipinski definition) is 2. The van der Waals surface area contributed by atoms with E-state index in [2.05, 4.69) is 4.98 Å². The van der Waals surface area contributed by atoms with Crippen LogP contribution < -0.4 is 5.73 Å². The first-order valence-corrected chi connectivity index (χ1v) is 4.60. The van der Waals surface area contributed by atoms with Crippen molar-refractivity contribution in [2.24, 2.45) is 5.73 Å². The van der Waals surface area contributed by atoms with Crippen LogP contribution in [0.25, 0.3) is 10.9 Å². The molecule has 0 unspecified atom stereocenters. The van der Waals surface area contributed by atoms with Gasteiger partial charge in [0.15, 0.2) is 0 Å². The Hall–Kier alpha value is -1.61. The van der Waals surface area contributed by atoms with Gasteiger partial charge in [-0.25, -0.2) is 0 Å². The molecule has 0 radical (unpaired) electrons. The lowest BCUT2D eigenvalue weighted by Gasteiger charge is -1.96. The molecule has 3 N–H and O–H groups in total. The van der Waals surface area contributed by atoms with Gasteiger partial charge in [-0.2, -0.15) is 0 Å². The fraction of sp³-hybridized carbons (Fsp3) is 0.182. The summed E-state index contributed by atoms with van der Waals surface area (Å²) in [6.07, 6.45) is 3.66. The van der Waals surface area contributed by atoms with E-state index in [0.29, 0.717) is 12.1 Å². The number of aromatic amines is 1. The number of carbonyl (C=O) groups is 1. The molecular weight excluding hydrogens is 176 g/mol.